The monoisotopic (exact) mass is 748 g/mol. The molecule has 0 bridgehead atoms. The van der Waals surface area contributed by atoms with Crippen molar-refractivity contribution in [2.45, 2.75) is 99.1 Å². The third-order valence-electron chi connectivity index (χ3n) is 10.6. The molecule has 288 valence electrons. The second-order valence-corrected chi connectivity index (χ2v) is 15.1. The summed E-state index contributed by atoms with van der Waals surface area (Å²) >= 11 is 0. The number of imidazole rings is 2. The molecular formula is C39H48N12O4. The Labute approximate surface area is 317 Å². The van der Waals surface area contributed by atoms with Crippen LogP contribution in [0, 0.1) is 19.3 Å². The molecule has 16 heteroatoms. The van der Waals surface area contributed by atoms with Gasteiger partial charge in [-0.05, 0) is 101 Å². The topological polar surface area (TPSA) is 219 Å². The smallest absolute Gasteiger partial charge is 0.276 e. The van der Waals surface area contributed by atoms with Crippen LogP contribution in [0.2, 0.25) is 0 Å². The summed E-state index contributed by atoms with van der Waals surface area (Å²) in [6.45, 7) is 12.3. The number of hydrogen-bond acceptors (Lipinski definition) is 9. The average molecular weight is 749 g/mol. The summed E-state index contributed by atoms with van der Waals surface area (Å²) in [6, 6.07) is 12.0. The summed E-state index contributed by atoms with van der Waals surface area (Å²) in [6.07, 6.45) is 2.39. The van der Waals surface area contributed by atoms with E-state index < -0.39 is 18.0 Å². The van der Waals surface area contributed by atoms with E-state index in [0.717, 1.165) is 40.8 Å². The van der Waals surface area contributed by atoms with Gasteiger partial charge in [0.1, 0.15) is 5.69 Å². The maximum Gasteiger partial charge on any atom is 0.276 e. The number of nitrogens with two attached hydrogens (primary N) is 2. The number of amides is 3. The van der Waals surface area contributed by atoms with E-state index in [4.69, 9.17) is 26.5 Å². The number of aliphatic hydroxyl groups is 1. The van der Waals surface area contributed by atoms with Gasteiger partial charge < -0.3 is 31.0 Å². The molecule has 7 N–H and O–H groups in total. The van der Waals surface area contributed by atoms with Crippen molar-refractivity contribution in [3.63, 3.8) is 0 Å². The first-order chi connectivity index (χ1) is 26.2. The number of rotatable bonds is 3. The van der Waals surface area contributed by atoms with Crippen molar-refractivity contribution in [2.75, 3.05) is 10.6 Å². The van der Waals surface area contributed by atoms with Crippen LogP contribution in [-0.2, 0) is 32.6 Å². The van der Waals surface area contributed by atoms with Crippen LogP contribution in [-0.4, -0.2) is 61.5 Å². The highest BCUT2D eigenvalue weighted by molar-refractivity contribution is 6.03. The lowest BCUT2D eigenvalue weighted by Gasteiger charge is -2.26. The molecular weight excluding hydrogens is 701 g/mol. The number of aliphatic hydroxyl groups excluding tert-OH is 1. The van der Waals surface area contributed by atoms with Gasteiger partial charge in [-0.1, -0.05) is 13.8 Å². The summed E-state index contributed by atoms with van der Waals surface area (Å²) < 4.78 is 7.51. The van der Waals surface area contributed by atoms with Gasteiger partial charge in [-0.3, -0.25) is 29.1 Å². The van der Waals surface area contributed by atoms with E-state index in [1.165, 1.54) is 0 Å². The lowest BCUT2D eigenvalue weighted by Crippen LogP contribution is -2.23. The standard InChI is InChI=1S/C39H48N12O4/c1-6-50-32-26(23(3)47-50)13-14-39(4,5)15-18-51-31(19-22(2)46-51)35(54)44-37-42-27-20-24(33(40)52)9-11-29(27)48(37)16-7-8-17-49-30-12-10-25(34(41)53)21-28(30)43-38(49)45-36(32)55/h9-12,19-21,36,55H,6-8,13-18H2,1-5H3,(H2,40,52)(H2,41,53)(H,43,45)(H,42,44,54). The number of primary amides is 2. The Hall–Kier alpha value is -6.03. The first-order valence-electron chi connectivity index (χ1n) is 18.7. The molecule has 7 rings (SSSR count). The van der Waals surface area contributed by atoms with E-state index in [2.05, 4.69) is 29.6 Å². The molecule has 0 saturated carbocycles. The largest absolute Gasteiger partial charge is 0.368 e. The van der Waals surface area contributed by atoms with E-state index in [1.54, 1.807) is 41.1 Å². The maximum atomic E-state index is 14.0. The molecule has 0 radical (unpaired) electrons. The van der Waals surface area contributed by atoms with Gasteiger partial charge >= 0.3 is 0 Å². The molecule has 4 aromatic heterocycles. The Kier molecular flexibility index (Phi) is 9.94. The predicted molar refractivity (Wildman–Crippen MR) is 209 cm³/mol. The van der Waals surface area contributed by atoms with Crippen molar-refractivity contribution in [1.82, 2.24) is 38.7 Å². The molecule has 6 aromatic rings. The summed E-state index contributed by atoms with van der Waals surface area (Å²) in [7, 11) is 0. The van der Waals surface area contributed by atoms with Gasteiger partial charge in [0.25, 0.3) is 5.91 Å². The normalized spacial score (nSPS) is 17.0. The maximum absolute atomic E-state index is 14.0. The van der Waals surface area contributed by atoms with E-state index >= 15 is 0 Å². The Morgan fingerprint density at radius 1 is 0.873 bits per heavy atom. The predicted octanol–water partition coefficient (Wildman–Crippen LogP) is 4.81. The second kappa shape index (κ2) is 14.7. The van der Waals surface area contributed by atoms with Crippen LogP contribution >= 0.6 is 0 Å². The molecule has 16 nitrogen and oxygen atoms in total. The molecule has 0 spiro atoms. The summed E-state index contributed by atoms with van der Waals surface area (Å²) in [5.74, 6) is -0.687. The minimum absolute atomic E-state index is 0.166. The Balaban J connectivity index is 1.30. The summed E-state index contributed by atoms with van der Waals surface area (Å²) in [5, 5.41) is 27.7. The highest BCUT2D eigenvalue weighted by Crippen LogP contribution is 2.33. The molecule has 55 heavy (non-hydrogen) atoms. The van der Waals surface area contributed by atoms with Crippen LogP contribution in [0.1, 0.15) is 107 Å². The molecule has 3 amide bonds. The summed E-state index contributed by atoms with van der Waals surface area (Å²) in [4.78, 5) is 47.6. The zero-order valence-electron chi connectivity index (χ0n) is 31.9. The molecule has 2 aromatic carbocycles. The van der Waals surface area contributed by atoms with Gasteiger partial charge in [-0.2, -0.15) is 10.2 Å². The van der Waals surface area contributed by atoms with Crippen molar-refractivity contribution in [3.8, 4) is 0 Å². The van der Waals surface area contributed by atoms with E-state index in [0.29, 0.717) is 90.9 Å². The number of aromatic nitrogens is 8. The SMILES string of the molecule is CCn1nc(C)c2c1C(O)Nc1nc3cc(C(N)=O)ccc3n1CCCCn1c(nc3cc(C(N)=O)ccc31)NC(=O)c1cc(C)nn1CCC(C)(C)CC2. The minimum atomic E-state index is -1.13. The molecule has 0 fully saturated rings. The van der Waals surface area contributed by atoms with Crippen LogP contribution in [0.5, 0.6) is 0 Å². The van der Waals surface area contributed by atoms with Gasteiger partial charge in [-0.15, -0.1) is 0 Å². The quantitative estimate of drug-likeness (QED) is 0.167. The first kappa shape index (κ1) is 37.3. The van der Waals surface area contributed by atoms with Crippen LogP contribution in [0.4, 0.5) is 11.9 Å². The van der Waals surface area contributed by atoms with Gasteiger partial charge in [-0.25, -0.2) is 9.97 Å². The third kappa shape index (κ3) is 7.41. The van der Waals surface area contributed by atoms with Gasteiger partial charge in [0, 0.05) is 42.9 Å². The van der Waals surface area contributed by atoms with E-state index in [9.17, 15) is 19.5 Å². The van der Waals surface area contributed by atoms with Crippen molar-refractivity contribution in [3.05, 3.63) is 81.9 Å². The molecule has 1 aliphatic heterocycles. The number of aryl methyl sites for hydroxylation is 6. The third-order valence-corrected chi connectivity index (χ3v) is 10.6. The fourth-order valence-electron chi connectivity index (χ4n) is 7.51. The van der Waals surface area contributed by atoms with E-state index in [1.807, 2.05) is 40.7 Å². The average Bonchev–Trinajstić information content (AvgIpc) is 3.88. The van der Waals surface area contributed by atoms with Gasteiger partial charge in [0.2, 0.25) is 23.7 Å². The van der Waals surface area contributed by atoms with Crippen LogP contribution < -0.4 is 22.1 Å². The molecule has 0 saturated heterocycles. The number of nitrogens with one attached hydrogen (secondary N) is 2. The minimum Gasteiger partial charge on any atom is -0.368 e. The lowest BCUT2D eigenvalue weighted by atomic mass is 9.82. The van der Waals surface area contributed by atoms with Crippen molar-refractivity contribution >= 4 is 51.7 Å². The number of hydrogen-bond donors (Lipinski definition) is 5. The number of fused-ring (bicyclic) bond motifs is 8. The summed E-state index contributed by atoms with van der Waals surface area (Å²) in [5.41, 5.74) is 17.9. The van der Waals surface area contributed by atoms with Crippen molar-refractivity contribution in [1.29, 1.82) is 0 Å². The lowest BCUT2D eigenvalue weighted by molar-refractivity contribution is 0.0992. The highest BCUT2D eigenvalue weighted by Gasteiger charge is 2.27. The van der Waals surface area contributed by atoms with E-state index in [-0.39, 0.29) is 11.3 Å². The number of anilines is 2. The number of carbonyl (C=O) groups is 3. The van der Waals surface area contributed by atoms with Crippen molar-refractivity contribution < 1.29 is 19.5 Å². The fraction of sp³-hybridized carbons (Fsp3) is 0.410. The molecule has 1 unspecified atom stereocenters. The second-order valence-electron chi connectivity index (χ2n) is 15.1. The molecule has 5 heterocycles. The zero-order valence-corrected chi connectivity index (χ0v) is 31.9. The van der Waals surface area contributed by atoms with Gasteiger partial charge in [0.05, 0.1) is 39.1 Å². The Bertz CT molecular complexity index is 2450. The van der Waals surface area contributed by atoms with Crippen LogP contribution in [0.3, 0.4) is 0 Å². The molecule has 1 aliphatic rings. The Morgan fingerprint density at radius 2 is 1.47 bits per heavy atom. The van der Waals surface area contributed by atoms with Crippen molar-refractivity contribution in [2.24, 2.45) is 16.9 Å². The van der Waals surface area contributed by atoms with Crippen LogP contribution in [0.15, 0.2) is 42.5 Å². The zero-order chi connectivity index (χ0) is 39.2. The van der Waals surface area contributed by atoms with Crippen LogP contribution in [0.25, 0.3) is 22.1 Å². The van der Waals surface area contributed by atoms with Gasteiger partial charge in [0.15, 0.2) is 6.23 Å². The fourth-order valence-corrected chi connectivity index (χ4v) is 7.51. The molecule has 0 aliphatic carbocycles. The first-order valence-corrected chi connectivity index (χ1v) is 18.7. The number of carbonyl (C=O) groups excluding carboxylic acids is 3. The molecule has 1 atom stereocenters. The number of benzene rings is 2. The Morgan fingerprint density at radius 3 is 2.07 bits per heavy atom. The highest BCUT2D eigenvalue weighted by atomic mass is 16.3. The number of nitrogens with zero attached hydrogens (tertiary/aromatic N) is 8.